The van der Waals surface area contributed by atoms with Crippen molar-refractivity contribution in [3.05, 3.63) is 23.8 Å². The van der Waals surface area contributed by atoms with Crippen molar-refractivity contribution in [1.29, 1.82) is 0 Å². The molecule has 2 aliphatic heterocycles. The van der Waals surface area contributed by atoms with Gasteiger partial charge in [-0.2, -0.15) is 0 Å². The van der Waals surface area contributed by atoms with Crippen LogP contribution in [-0.2, 0) is 9.53 Å². The van der Waals surface area contributed by atoms with E-state index in [1.807, 2.05) is 24.1 Å². The van der Waals surface area contributed by atoms with Crippen LogP contribution in [0.1, 0.15) is 55.3 Å². The van der Waals surface area contributed by atoms with Gasteiger partial charge in [0.2, 0.25) is 5.91 Å². The first-order valence-electron chi connectivity index (χ1n) is 11.6. The van der Waals surface area contributed by atoms with Crippen molar-refractivity contribution in [2.75, 3.05) is 40.4 Å². The predicted molar refractivity (Wildman–Crippen MR) is 116 cm³/mol. The molecule has 170 valence electrons. The molecule has 1 aromatic rings. The fourth-order valence-electron chi connectivity index (χ4n) is 4.41. The van der Waals surface area contributed by atoms with E-state index in [2.05, 4.69) is 0 Å². The number of likely N-dealkylation sites (N-methyl/N-ethyl adjacent to an activating group) is 1. The van der Waals surface area contributed by atoms with E-state index >= 15 is 0 Å². The summed E-state index contributed by atoms with van der Waals surface area (Å²) < 4.78 is 17.4. The molecule has 3 fully saturated rings. The summed E-state index contributed by atoms with van der Waals surface area (Å²) >= 11 is 0. The molecular formula is C24H34N2O5. The third-order valence-electron chi connectivity index (χ3n) is 6.49. The second-order valence-electron chi connectivity index (χ2n) is 8.95. The molecule has 7 nitrogen and oxygen atoms in total. The molecule has 0 N–H and O–H groups in total. The highest BCUT2D eigenvalue weighted by atomic mass is 16.5. The molecule has 2 saturated heterocycles. The number of methoxy groups -OCH3 is 1. The third-order valence-corrected chi connectivity index (χ3v) is 6.49. The van der Waals surface area contributed by atoms with Crippen molar-refractivity contribution in [3.63, 3.8) is 0 Å². The lowest BCUT2D eigenvalue weighted by molar-refractivity contribution is -0.134. The lowest BCUT2D eigenvalue weighted by Gasteiger charge is -2.33. The van der Waals surface area contributed by atoms with Crippen molar-refractivity contribution in [3.8, 4) is 11.5 Å². The fraction of sp³-hybridized carbons (Fsp3) is 0.667. The number of rotatable bonds is 7. The minimum atomic E-state index is -0.0931. The van der Waals surface area contributed by atoms with Crippen LogP contribution in [0, 0.1) is 5.92 Å². The highest BCUT2D eigenvalue weighted by molar-refractivity contribution is 5.97. The van der Waals surface area contributed by atoms with Gasteiger partial charge in [0.05, 0.1) is 18.8 Å². The summed E-state index contributed by atoms with van der Waals surface area (Å²) in [5.74, 6) is 1.67. The van der Waals surface area contributed by atoms with Gasteiger partial charge < -0.3 is 24.0 Å². The van der Waals surface area contributed by atoms with E-state index in [1.165, 1.54) is 0 Å². The second kappa shape index (κ2) is 9.90. The van der Waals surface area contributed by atoms with Gasteiger partial charge in [-0.05, 0) is 50.3 Å². The molecule has 31 heavy (non-hydrogen) atoms. The molecule has 1 unspecified atom stereocenters. The molecule has 4 rings (SSSR count). The normalized spacial score (nSPS) is 22.1. The largest absolute Gasteiger partial charge is 0.497 e. The van der Waals surface area contributed by atoms with Gasteiger partial charge in [0.15, 0.2) is 0 Å². The van der Waals surface area contributed by atoms with E-state index in [-0.39, 0.29) is 24.0 Å². The van der Waals surface area contributed by atoms with Gasteiger partial charge in [-0.15, -0.1) is 0 Å². The maximum atomic E-state index is 13.3. The molecular weight excluding hydrogens is 396 g/mol. The van der Waals surface area contributed by atoms with Gasteiger partial charge in [0.25, 0.3) is 5.91 Å². The Hall–Kier alpha value is -2.28. The van der Waals surface area contributed by atoms with Crippen molar-refractivity contribution < 1.29 is 23.8 Å². The zero-order chi connectivity index (χ0) is 21.8. The van der Waals surface area contributed by atoms with Crippen LogP contribution in [0.25, 0.3) is 0 Å². The van der Waals surface area contributed by atoms with Crippen LogP contribution in [0.2, 0.25) is 0 Å². The van der Waals surface area contributed by atoms with Crippen LogP contribution in [0.3, 0.4) is 0 Å². The number of nitrogens with zero attached hydrogens (tertiary/aromatic N) is 2. The number of benzene rings is 1. The lowest BCUT2D eigenvalue weighted by Crippen LogP contribution is -2.42. The molecule has 2 heterocycles. The minimum absolute atomic E-state index is 0.00446. The zero-order valence-corrected chi connectivity index (χ0v) is 18.7. The number of carbonyl (C=O) groups is 2. The molecule has 1 aliphatic carbocycles. The molecule has 0 radical (unpaired) electrons. The highest BCUT2D eigenvalue weighted by Gasteiger charge is 2.35. The van der Waals surface area contributed by atoms with Gasteiger partial charge in [0.1, 0.15) is 17.6 Å². The highest BCUT2D eigenvalue weighted by Crippen LogP contribution is 2.33. The molecule has 3 aliphatic rings. The summed E-state index contributed by atoms with van der Waals surface area (Å²) in [6.07, 6.45) is 6.93. The smallest absolute Gasteiger partial charge is 0.257 e. The van der Waals surface area contributed by atoms with E-state index in [4.69, 9.17) is 14.2 Å². The topological polar surface area (TPSA) is 68.3 Å². The zero-order valence-electron chi connectivity index (χ0n) is 18.7. The summed E-state index contributed by atoms with van der Waals surface area (Å²) in [6, 6.07) is 5.39. The molecule has 1 aromatic carbocycles. The van der Waals surface area contributed by atoms with Crippen LogP contribution < -0.4 is 9.47 Å². The first-order chi connectivity index (χ1) is 15.0. The van der Waals surface area contributed by atoms with Crippen molar-refractivity contribution in [1.82, 2.24) is 9.80 Å². The van der Waals surface area contributed by atoms with Crippen LogP contribution in [0.5, 0.6) is 11.5 Å². The van der Waals surface area contributed by atoms with Gasteiger partial charge in [-0.25, -0.2) is 0 Å². The van der Waals surface area contributed by atoms with E-state index in [0.717, 1.165) is 64.6 Å². The predicted octanol–water partition coefficient (Wildman–Crippen LogP) is 3.12. The Morgan fingerprint density at radius 2 is 1.90 bits per heavy atom. The van der Waals surface area contributed by atoms with Crippen LogP contribution >= 0.6 is 0 Å². The Morgan fingerprint density at radius 1 is 1.13 bits per heavy atom. The summed E-state index contributed by atoms with van der Waals surface area (Å²) in [6.45, 7) is 2.77. The maximum absolute atomic E-state index is 13.3. The Kier molecular flexibility index (Phi) is 7.00. The van der Waals surface area contributed by atoms with E-state index < -0.39 is 0 Å². The van der Waals surface area contributed by atoms with E-state index in [9.17, 15) is 9.59 Å². The maximum Gasteiger partial charge on any atom is 0.257 e. The minimum Gasteiger partial charge on any atom is -0.497 e. The Labute approximate surface area is 184 Å². The lowest BCUT2D eigenvalue weighted by atomic mass is 10.1. The molecule has 0 aromatic heterocycles. The van der Waals surface area contributed by atoms with E-state index in [1.54, 1.807) is 18.1 Å². The number of ether oxygens (including phenoxy) is 3. The Balaban J connectivity index is 1.40. The molecule has 0 bridgehead atoms. The Morgan fingerprint density at radius 3 is 2.55 bits per heavy atom. The van der Waals surface area contributed by atoms with Crippen molar-refractivity contribution in [2.24, 2.45) is 5.92 Å². The molecule has 0 spiro atoms. The van der Waals surface area contributed by atoms with Gasteiger partial charge >= 0.3 is 0 Å². The van der Waals surface area contributed by atoms with Gasteiger partial charge in [-0.1, -0.05) is 0 Å². The van der Waals surface area contributed by atoms with Gasteiger partial charge in [-0.3, -0.25) is 9.59 Å². The van der Waals surface area contributed by atoms with Crippen LogP contribution in [-0.4, -0.2) is 74.2 Å². The monoisotopic (exact) mass is 430 g/mol. The number of hydrogen-bond donors (Lipinski definition) is 0. The summed E-state index contributed by atoms with van der Waals surface area (Å²) in [7, 11) is 3.40. The number of carbonyl (C=O) groups excluding carboxylic acids is 2. The third kappa shape index (κ3) is 5.50. The summed E-state index contributed by atoms with van der Waals surface area (Å²) in [5, 5.41) is 0. The number of amides is 2. The first-order valence-corrected chi connectivity index (χ1v) is 11.6. The van der Waals surface area contributed by atoms with Crippen molar-refractivity contribution in [2.45, 2.75) is 57.2 Å². The SMILES string of the molecule is COc1ccc(OC2CCN(C(=O)C3CC3)CC2)c(C(=O)N(C)CC2CCCCO2)c1. The quantitative estimate of drug-likeness (QED) is 0.665. The van der Waals surface area contributed by atoms with Crippen LogP contribution in [0.15, 0.2) is 18.2 Å². The van der Waals surface area contributed by atoms with Crippen LogP contribution in [0.4, 0.5) is 0 Å². The van der Waals surface area contributed by atoms with Crippen molar-refractivity contribution >= 4 is 11.8 Å². The molecule has 7 heteroatoms. The van der Waals surface area contributed by atoms with Gasteiger partial charge in [0, 0.05) is 52.0 Å². The number of likely N-dealkylation sites (tertiary alicyclic amines) is 1. The number of hydrogen-bond acceptors (Lipinski definition) is 5. The second-order valence-corrected chi connectivity index (χ2v) is 8.95. The number of piperidine rings is 1. The van der Waals surface area contributed by atoms with E-state index in [0.29, 0.717) is 29.5 Å². The fourth-order valence-corrected chi connectivity index (χ4v) is 4.41. The average Bonchev–Trinajstić information content (AvgIpc) is 3.65. The Bertz CT molecular complexity index is 780. The molecule has 2 amide bonds. The summed E-state index contributed by atoms with van der Waals surface area (Å²) in [5.41, 5.74) is 0.508. The standard InChI is InChI=1S/C24H34N2O5/c1-25(16-20-5-3-4-14-30-20)24(28)21-15-19(29-2)8-9-22(21)31-18-10-12-26(13-11-18)23(27)17-6-7-17/h8-9,15,17-18,20H,3-7,10-14,16H2,1-2H3. The summed E-state index contributed by atoms with van der Waals surface area (Å²) in [4.78, 5) is 29.2. The average molecular weight is 431 g/mol. The molecule has 1 saturated carbocycles. The first kappa shape index (κ1) is 21.9. The molecule has 1 atom stereocenters.